The largest absolute Gasteiger partial charge is 0.382 e. The number of anilines is 2. The highest BCUT2D eigenvalue weighted by molar-refractivity contribution is 7.89. The van der Waals surface area contributed by atoms with Gasteiger partial charge in [-0.25, -0.2) is 8.42 Å². The molecule has 2 bridgehead atoms. The van der Waals surface area contributed by atoms with Crippen LogP contribution in [0.15, 0.2) is 76.6 Å². The van der Waals surface area contributed by atoms with Crippen LogP contribution in [-0.2, 0) is 14.8 Å². The summed E-state index contributed by atoms with van der Waals surface area (Å²) in [6.45, 7) is 4.69. The molecule has 2 aliphatic rings. The molecule has 0 amide bonds. The van der Waals surface area contributed by atoms with E-state index in [0.717, 1.165) is 12.8 Å². The second-order valence-corrected chi connectivity index (χ2v) is 10.9. The summed E-state index contributed by atoms with van der Waals surface area (Å²) in [7, 11) is -3.56. The normalized spacial score (nSPS) is 19.6. The van der Waals surface area contributed by atoms with Crippen LogP contribution in [0.4, 0.5) is 11.4 Å². The van der Waals surface area contributed by atoms with E-state index in [9.17, 15) is 13.2 Å². The van der Waals surface area contributed by atoms with Crippen LogP contribution < -0.4 is 15.8 Å². The minimum absolute atomic E-state index is 0.0220. The predicted molar refractivity (Wildman–Crippen MR) is 139 cm³/mol. The van der Waals surface area contributed by atoms with Crippen LogP contribution >= 0.6 is 0 Å². The molecule has 10 heteroatoms. The summed E-state index contributed by atoms with van der Waals surface area (Å²) in [5.41, 5.74) is 1.66. The van der Waals surface area contributed by atoms with Gasteiger partial charge in [0.05, 0.1) is 22.5 Å². The van der Waals surface area contributed by atoms with Gasteiger partial charge in [0.25, 0.3) is 5.56 Å². The van der Waals surface area contributed by atoms with Crippen molar-refractivity contribution in [1.29, 1.82) is 0 Å². The number of nitrogens with one attached hydrogen (secondary N) is 1. The third kappa shape index (κ3) is 4.63. The van der Waals surface area contributed by atoms with E-state index in [2.05, 4.69) is 15.3 Å². The molecule has 190 valence electrons. The van der Waals surface area contributed by atoms with Crippen LogP contribution in [0.1, 0.15) is 19.8 Å². The Morgan fingerprint density at radius 1 is 1.03 bits per heavy atom. The predicted octanol–water partition coefficient (Wildman–Crippen LogP) is 2.72. The van der Waals surface area contributed by atoms with E-state index in [0.29, 0.717) is 54.8 Å². The first-order valence-corrected chi connectivity index (χ1v) is 13.8. The summed E-state index contributed by atoms with van der Waals surface area (Å²) in [5, 5.41) is 7.80. The second kappa shape index (κ2) is 10.4. The lowest BCUT2D eigenvalue weighted by molar-refractivity contribution is 0.147. The summed E-state index contributed by atoms with van der Waals surface area (Å²) in [6.07, 6.45) is 3.20. The molecule has 3 heterocycles. The van der Waals surface area contributed by atoms with Crippen LogP contribution in [0.2, 0.25) is 0 Å². The molecule has 0 radical (unpaired) electrons. The number of ether oxygens (including phenoxy) is 1. The maximum absolute atomic E-state index is 13.6. The highest BCUT2D eigenvalue weighted by Gasteiger charge is 2.49. The third-order valence-corrected chi connectivity index (χ3v) is 8.71. The van der Waals surface area contributed by atoms with Gasteiger partial charge in [0.1, 0.15) is 5.69 Å². The lowest BCUT2D eigenvalue weighted by Gasteiger charge is -2.35. The Kier molecular flexibility index (Phi) is 7.08. The number of benzene rings is 2. The van der Waals surface area contributed by atoms with Gasteiger partial charge in [-0.05, 0) is 44.0 Å². The smallest absolute Gasteiger partial charge is 0.296 e. The molecular weight excluding hydrogens is 478 g/mol. The first-order chi connectivity index (χ1) is 17.5. The molecule has 2 fully saturated rings. The van der Waals surface area contributed by atoms with Crippen molar-refractivity contribution in [2.24, 2.45) is 0 Å². The molecule has 0 saturated carbocycles. The van der Waals surface area contributed by atoms with E-state index < -0.39 is 10.0 Å². The van der Waals surface area contributed by atoms with E-state index in [-0.39, 0.29) is 17.6 Å². The Hall–Kier alpha value is -3.21. The van der Waals surface area contributed by atoms with E-state index in [1.807, 2.05) is 43.3 Å². The maximum atomic E-state index is 13.6. The summed E-state index contributed by atoms with van der Waals surface area (Å²) in [5.74, 6) is 0. The zero-order chi connectivity index (χ0) is 25.1. The number of rotatable bonds is 10. The van der Waals surface area contributed by atoms with Crippen molar-refractivity contribution >= 4 is 21.4 Å². The molecule has 5 rings (SSSR count). The van der Waals surface area contributed by atoms with Gasteiger partial charge >= 0.3 is 0 Å². The van der Waals surface area contributed by atoms with Gasteiger partial charge in [0.15, 0.2) is 0 Å². The van der Waals surface area contributed by atoms with Gasteiger partial charge in [0, 0.05) is 44.9 Å². The fraction of sp³-hybridized carbons (Fsp3) is 0.385. The molecule has 1 N–H and O–H groups in total. The first kappa shape index (κ1) is 24.5. The van der Waals surface area contributed by atoms with Crippen molar-refractivity contribution < 1.29 is 13.2 Å². The van der Waals surface area contributed by atoms with Crippen LogP contribution in [0.25, 0.3) is 5.69 Å². The SMILES string of the molecule is CCOCCCNc1c(N2CC3CC2CN3S(=O)(=O)c2ccccc2)cnn(-c2ccccc2)c1=O. The van der Waals surface area contributed by atoms with Crippen molar-refractivity contribution in [3.63, 3.8) is 0 Å². The monoisotopic (exact) mass is 509 g/mol. The minimum Gasteiger partial charge on any atom is -0.382 e. The Balaban J connectivity index is 1.41. The lowest BCUT2D eigenvalue weighted by atomic mass is 10.2. The van der Waals surface area contributed by atoms with Crippen LogP contribution in [0.3, 0.4) is 0 Å². The fourth-order valence-electron chi connectivity index (χ4n) is 5.06. The van der Waals surface area contributed by atoms with E-state index in [1.54, 1.807) is 34.8 Å². The molecule has 2 aromatic carbocycles. The molecule has 2 saturated heterocycles. The minimum atomic E-state index is -3.56. The zero-order valence-electron chi connectivity index (χ0n) is 20.3. The van der Waals surface area contributed by atoms with Crippen molar-refractivity contribution in [3.05, 3.63) is 77.2 Å². The number of aromatic nitrogens is 2. The summed E-state index contributed by atoms with van der Waals surface area (Å²) >= 11 is 0. The van der Waals surface area contributed by atoms with Crippen molar-refractivity contribution in [3.8, 4) is 5.69 Å². The molecular formula is C26H31N5O4S. The van der Waals surface area contributed by atoms with Gasteiger partial charge in [-0.15, -0.1) is 0 Å². The molecule has 0 spiro atoms. The van der Waals surface area contributed by atoms with Gasteiger partial charge in [-0.3, -0.25) is 4.79 Å². The fourth-order valence-corrected chi connectivity index (χ4v) is 6.75. The Morgan fingerprint density at radius 3 is 2.42 bits per heavy atom. The average Bonchev–Trinajstić information content (AvgIpc) is 3.52. The highest BCUT2D eigenvalue weighted by atomic mass is 32.2. The molecule has 2 unspecified atom stereocenters. The van der Waals surface area contributed by atoms with Crippen molar-refractivity contribution in [2.45, 2.75) is 36.7 Å². The zero-order valence-corrected chi connectivity index (χ0v) is 21.1. The standard InChI is InChI=1S/C26H31N5O4S/c1-2-35-15-9-14-27-25-24(17-28-31(26(25)32)20-10-5-3-6-11-20)29-18-22-16-21(29)19-30(22)36(33,34)23-12-7-4-8-13-23/h3-8,10-13,17,21-22,27H,2,9,14-16,18-19H2,1H3. The van der Waals surface area contributed by atoms with Gasteiger partial charge < -0.3 is 15.0 Å². The van der Waals surface area contributed by atoms with Crippen LogP contribution in [-0.4, -0.2) is 67.4 Å². The first-order valence-electron chi connectivity index (χ1n) is 12.3. The summed E-state index contributed by atoms with van der Waals surface area (Å²) < 4.78 is 34.9. The van der Waals surface area contributed by atoms with E-state index in [1.165, 1.54) is 4.68 Å². The van der Waals surface area contributed by atoms with E-state index in [4.69, 9.17) is 4.74 Å². The Bertz CT molecular complexity index is 1350. The molecule has 36 heavy (non-hydrogen) atoms. The highest BCUT2D eigenvalue weighted by Crippen LogP contribution is 2.39. The number of piperazine rings is 1. The molecule has 3 aromatic rings. The van der Waals surface area contributed by atoms with Gasteiger partial charge in [-0.2, -0.15) is 14.1 Å². The molecule has 2 aliphatic heterocycles. The number of hydrogen-bond donors (Lipinski definition) is 1. The number of sulfonamides is 1. The van der Waals surface area contributed by atoms with Crippen LogP contribution in [0, 0.1) is 0 Å². The van der Waals surface area contributed by atoms with E-state index >= 15 is 0 Å². The molecule has 9 nitrogen and oxygen atoms in total. The molecule has 0 aliphatic carbocycles. The van der Waals surface area contributed by atoms with Crippen LogP contribution in [0.5, 0.6) is 0 Å². The van der Waals surface area contributed by atoms with Crippen molar-refractivity contribution in [2.75, 3.05) is 43.1 Å². The topological polar surface area (TPSA) is 96.8 Å². The molecule has 2 atom stereocenters. The van der Waals surface area contributed by atoms with Gasteiger partial charge in [0.2, 0.25) is 10.0 Å². The molecule has 1 aromatic heterocycles. The Morgan fingerprint density at radius 2 is 1.75 bits per heavy atom. The third-order valence-electron chi connectivity index (χ3n) is 6.78. The average molecular weight is 510 g/mol. The summed E-state index contributed by atoms with van der Waals surface area (Å²) in [6, 6.07) is 17.7. The second-order valence-electron chi connectivity index (χ2n) is 9.02. The van der Waals surface area contributed by atoms with Gasteiger partial charge in [-0.1, -0.05) is 36.4 Å². The number of para-hydroxylation sites is 1. The number of fused-ring (bicyclic) bond motifs is 2. The number of nitrogens with zero attached hydrogens (tertiary/aromatic N) is 4. The number of hydrogen-bond acceptors (Lipinski definition) is 7. The Labute approximate surface area is 211 Å². The van der Waals surface area contributed by atoms with Crippen molar-refractivity contribution in [1.82, 2.24) is 14.1 Å². The summed E-state index contributed by atoms with van der Waals surface area (Å²) in [4.78, 5) is 16.0. The quantitative estimate of drug-likeness (QED) is 0.420. The maximum Gasteiger partial charge on any atom is 0.296 e. The lowest BCUT2D eigenvalue weighted by Crippen LogP contribution is -2.49.